The summed E-state index contributed by atoms with van der Waals surface area (Å²) in [5.74, 6) is 0. The fourth-order valence-corrected chi connectivity index (χ4v) is 3.30. The Morgan fingerprint density at radius 2 is 2.24 bits per heavy atom. The highest BCUT2D eigenvalue weighted by Gasteiger charge is 2.33. The van der Waals surface area contributed by atoms with E-state index in [0.29, 0.717) is 16.6 Å². The van der Waals surface area contributed by atoms with E-state index in [1.54, 1.807) is 11.3 Å². The number of likely N-dealkylation sites (tertiary alicyclic amines) is 1. The van der Waals surface area contributed by atoms with Gasteiger partial charge in [-0.15, -0.1) is 23.7 Å². The normalized spacial score (nSPS) is 21.5. The topological polar surface area (TPSA) is 42.2 Å². The molecule has 3 nitrogen and oxygen atoms in total. The van der Waals surface area contributed by atoms with Crippen molar-refractivity contribution >= 4 is 28.9 Å². The first-order valence-electron chi connectivity index (χ1n) is 5.91. The molecule has 17 heavy (non-hydrogen) atoms. The summed E-state index contributed by atoms with van der Waals surface area (Å²) in [6.07, 6.45) is 4.55. The highest BCUT2D eigenvalue weighted by Crippen LogP contribution is 2.34. The van der Waals surface area contributed by atoms with Crippen molar-refractivity contribution in [3.8, 4) is 0 Å². The second-order valence-electron chi connectivity index (χ2n) is 5.66. The summed E-state index contributed by atoms with van der Waals surface area (Å²) in [6, 6.07) is 0.691. The average molecular weight is 276 g/mol. The Bertz CT molecular complexity index is 359. The van der Waals surface area contributed by atoms with Crippen LogP contribution in [-0.4, -0.2) is 22.5 Å². The van der Waals surface area contributed by atoms with Gasteiger partial charge in [-0.3, -0.25) is 4.90 Å². The zero-order valence-corrected chi connectivity index (χ0v) is 12.4. The number of aromatic nitrogens is 1. The van der Waals surface area contributed by atoms with Crippen molar-refractivity contribution in [1.82, 2.24) is 9.88 Å². The van der Waals surface area contributed by atoms with Crippen molar-refractivity contribution in [1.29, 1.82) is 0 Å². The molecule has 1 saturated heterocycles. The summed E-state index contributed by atoms with van der Waals surface area (Å²) in [5.41, 5.74) is 6.03. The molecule has 98 valence electrons. The van der Waals surface area contributed by atoms with E-state index in [-0.39, 0.29) is 12.4 Å². The third-order valence-electron chi connectivity index (χ3n) is 3.29. The summed E-state index contributed by atoms with van der Waals surface area (Å²) in [5, 5.41) is 0.682. The Morgan fingerprint density at radius 3 is 2.76 bits per heavy atom. The number of halogens is 1. The van der Waals surface area contributed by atoms with Gasteiger partial charge in [0.1, 0.15) is 0 Å². The number of hydrogen-bond acceptors (Lipinski definition) is 4. The van der Waals surface area contributed by atoms with E-state index in [9.17, 15) is 0 Å². The van der Waals surface area contributed by atoms with Crippen LogP contribution in [0.2, 0.25) is 0 Å². The lowest BCUT2D eigenvalue weighted by atomic mass is 9.85. The second kappa shape index (κ2) is 5.55. The fraction of sp³-hybridized carbons (Fsp3) is 0.750. The van der Waals surface area contributed by atoms with Crippen LogP contribution in [0.1, 0.15) is 38.5 Å². The van der Waals surface area contributed by atoms with E-state index in [2.05, 4.69) is 30.7 Å². The smallest absolute Gasteiger partial charge is 0.180 e. The Balaban J connectivity index is 0.00000144. The van der Waals surface area contributed by atoms with Crippen LogP contribution in [0.25, 0.3) is 0 Å². The van der Waals surface area contributed by atoms with E-state index in [1.165, 1.54) is 24.3 Å². The van der Waals surface area contributed by atoms with Gasteiger partial charge in [-0.05, 0) is 24.8 Å². The number of nitrogen functional groups attached to an aromatic ring is 1. The average Bonchev–Trinajstić information content (AvgIpc) is 2.74. The van der Waals surface area contributed by atoms with Crippen molar-refractivity contribution in [2.24, 2.45) is 5.41 Å². The quantitative estimate of drug-likeness (QED) is 0.902. The van der Waals surface area contributed by atoms with Gasteiger partial charge >= 0.3 is 0 Å². The maximum Gasteiger partial charge on any atom is 0.180 e. The summed E-state index contributed by atoms with van der Waals surface area (Å²) < 4.78 is 0. The molecule has 0 aromatic carbocycles. The molecule has 1 fully saturated rings. The molecule has 2 rings (SSSR count). The van der Waals surface area contributed by atoms with Crippen molar-refractivity contribution in [3.63, 3.8) is 0 Å². The standard InChI is InChI=1S/C12H21N3S.ClH/c1-12(2,3)10-5-4-6-15(10)8-9-7-14-11(13)16-9;/h7,10H,4-6,8H2,1-3H3,(H2,13,14);1H. The van der Waals surface area contributed by atoms with Crippen molar-refractivity contribution < 1.29 is 0 Å². The van der Waals surface area contributed by atoms with Crippen molar-refractivity contribution in [2.75, 3.05) is 12.3 Å². The Morgan fingerprint density at radius 1 is 1.53 bits per heavy atom. The maximum atomic E-state index is 5.66. The van der Waals surface area contributed by atoms with Crippen LogP contribution in [0, 0.1) is 5.41 Å². The first-order valence-corrected chi connectivity index (χ1v) is 6.73. The molecule has 0 radical (unpaired) electrons. The first kappa shape index (κ1) is 14.7. The van der Waals surface area contributed by atoms with Crippen molar-refractivity contribution in [3.05, 3.63) is 11.1 Å². The molecule has 5 heteroatoms. The minimum absolute atomic E-state index is 0. The highest BCUT2D eigenvalue weighted by molar-refractivity contribution is 7.15. The van der Waals surface area contributed by atoms with Gasteiger partial charge in [0.15, 0.2) is 5.13 Å². The largest absolute Gasteiger partial charge is 0.375 e. The molecule has 1 unspecified atom stereocenters. The van der Waals surface area contributed by atoms with E-state index in [4.69, 9.17) is 5.73 Å². The van der Waals surface area contributed by atoms with Crippen LogP contribution in [-0.2, 0) is 6.54 Å². The van der Waals surface area contributed by atoms with Gasteiger partial charge in [-0.2, -0.15) is 0 Å². The molecule has 2 heterocycles. The maximum absolute atomic E-state index is 5.66. The van der Waals surface area contributed by atoms with Crippen LogP contribution in [0.15, 0.2) is 6.20 Å². The van der Waals surface area contributed by atoms with Crippen LogP contribution < -0.4 is 5.73 Å². The number of thiazole rings is 1. The Hall–Kier alpha value is -0.320. The van der Waals surface area contributed by atoms with Gasteiger partial charge in [-0.25, -0.2) is 4.98 Å². The zero-order chi connectivity index (χ0) is 11.8. The molecular formula is C12H22ClN3S. The number of anilines is 1. The van der Waals surface area contributed by atoms with E-state index in [1.807, 2.05) is 6.20 Å². The molecule has 1 atom stereocenters. The molecule has 0 amide bonds. The van der Waals surface area contributed by atoms with Gasteiger partial charge in [0.05, 0.1) is 0 Å². The Kier molecular flexibility index (Phi) is 4.81. The SMILES string of the molecule is CC(C)(C)C1CCCN1Cc1cnc(N)s1.Cl. The summed E-state index contributed by atoms with van der Waals surface area (Å²) >= 11 is 1.61. The molecule has 0 saturated carbocycles. The summed E-state index contributed by atoms with van der Waals surface area (Å²) in [7, 11) is 0. The highest BCUT2D eigenvalue weighted by atomic mass is 35.5. The predicted octanol–water partition coefficient (Wildman–Crippen LogP) is 3.16. The van der Waals surface area contributed by atoms with Gasteiger partial charge in [0.25, 0.3) is 0 Å². The molecule has 0 spiro atoms. The zero-order valence-electron chi connectivity index (χ0n) is 10.8. The Labute approximate surface area is 114 Å². The minimum atomic E-state index is 0. The monoisotopic (exact) mass is 275 g/mol. The number of nitrogens with zero attached hydrogens (tertiary/aromatic N) is 2. The van der Waals surface area contributed by atoms with E-state index >= 15 is 0 Å². The van der Waals surface area contributed by atoms with Crippen molar-refractivity contribution in [2.45, 2.75) is 46.2 Å². The molecule has 1 aliphatic rings. The van der Waals surface area contributed by atoms with Gasteiger partial charge in [-0.1, -0.05) is 20.8 Å². The first-order chi connectivity index (χ1) is 7.47. The summed E-state index contributed by atoms with van der Waals surface area (Å²) in [4.78, 5) is 7.98. The molecular weight excluding hydrogens is 254 g/mol. The molecule has 1 aliphatic heterocycles. The number of rotatable bonds is 2. The molecule has 1 aromatic heterocycles. The number of hydrogen-bond donors (Lipinski definition) is 1. The third-order valence-corrected chi connectivity index (χ3v) is 4.10. The lowest BCUT2D eigenvalue weighted by molar-refractivity contribution is 0.135. The van der Waals surface area contributed by atoms with Crippen LogP contribution in [0.3, 0.4) is 0 Å². The fourth-order valence-electron chi connectivity index (χ4n) is 2.59. The van der Waals surface area contributed by atoms with Crippen LogP contribution in [0.4, 0.5) is 5.13 Å². The predicted molar refractivity (Wildman–Crippen MR) is 76.7 cm³/mol. The van der Waals surface area contributed by atoms with E-state index < -0.39 is 0 Å². The van der Waals surface area contributed by atoms with Crippen LogP contribution in [0.5, 0.6) is 0 Å². The lowest BCUT2D eigenvalue weighted by Gasteiger charge is -2.34. The summed E-state index contributed by atoms with van der Waals surface area (Å²) in [6.45, 7) is 9.21. The van der Waals surface area contributed by atoms with Gasteiger partial charge < -0.3 is 5.73 Å². The number of nitrogens with two attached hydrogens (primary N) is 1. The van der Waals surface area contributed by atoms with E-state index in [0.717, 1.165) is 6.54 Å². The molecule has 1 aromatic rings. The third kappa shape index (κ3) is 3.57. The second-order valence-corrected chi connectivity index (χ2v) is 6.81. The minimum Gasteiger partial charge on any atom is -0.375 e. The molecule has 0 bridgehead atoms. The van der Waals surface area contributed by atoms with Gasteiger partial charge in [0, 0.05) is 23.7 Å². The van der Waals surface area contributed by atoms with Crippen LogP contribution >= 0.6 is 23.7 Å². The lowest BCUT2D eigenvalue weighted by Crippen LogP contribution is -2.38. The van der Waals surface area contributed by atoms with Gasteiger partial charge in [0.2, 0.25) is 0 Å². The molecule has 0 aliphatic carbocycles. The molecule has 2 N–H and O–H groups in total.